The fourth-order valence-electron chi connectivity index (χ4n) is 3.79. The number of nitrogens with zero attached hydrogens (tertiary/aromatic N) is 1. The van der Waals surface area contributed by atoms with Crippen molar-refractivity contribution < 1.29 is 0 Å². The van der Waals surface area contributed by atoms with Crippen molar-refractivity contribution in [3.63, 3.8) is 0 Å². The number of hydrogen-bond donors (Lipinski definition) is 1. The van der Waals surface area contributed by atoms with Gasteiger partial charge in [0.15, 0.2) is 0 Å². The largest absolute Gasteiger partial charge is 0.311 e. The molecule has 3 fully saturated rings. The fourth-order valence-corrected chi connectivity index (χ4v) is 3.79. The Labute approximate surface area is 93.4 Å². The summed E-state index contributed by atoms with van der Waals surface area (Å²) in [4.78, 5) is 2.80. The maximum atomic E-state index is 3.75. The first-order valence-corrected chi connectivity index (χ1v) is 6.92. The van der Waals surface area contributed by atoms with Gasteiger partial charge < -0.3 is 10.2 Å². The summed E-state index contributed by atoms with van der Waals surface area (Å²) in [5.41, 5.74) is 0. The molecular weight excluding hydrogens is 184 g/mol. The molecule has 3 rings (SSSR count). The molecule has 3 saturated heterocycles. The number of nitrogens with one attached hydrogen (secondary N) is 1. The van der Waals surface area contributed by atoms with Crippen molar-refractivity contribution in [1.29, 1.82) is 0 Å². The standard InChI is InChI=1S/C13H24N2/c1-2-4-8-15(7-3-1)13-9-11-5-6-12(10-13)14-11/h11-14H,1-10H2. The third-order valence-corrected chi connectivity index (χ3v) is 4.61. The molecule has 15 heavy (non-hydrogen) atoms. The lowest BCUT2D eigenvalue weighted by Crippen LogP contribution is -2.48. The van der Waals surface area contributed by atoms with Crippen LogP contribution in [0.4, 0.5) is 0 Å². The van der Waals surface area contributed by atoms with Crippen molar-refractivity contribution in [1.82, 2.24) is 10.2 Å². The van der Waals surface area contributed by atoms with E-state index in [1.807, 2.05) is 0 Å². The van der Waals surface area contributed by atoms with Gasteiger partial charge in [0, 0.05) is 18.1 Å². The summed E-state index contributed by atoms with van der Waals surface area (Å²) in [7, 11) is 0. The Morgan fingerprint density at radius 1 is 0.800 bits per heavy atom. The molecule has 0 aliphatic carbocycles. The Balaban J connectivity index is 1.61. The molecular formula is C13H24N2. The lowest BCUT2D eigenvalue weighted by atomic mass is 9.98. The zero-order valence-electron chi connectivity index (χ0n) is 9.75. The summed E-state index contributed by atoms with van der Waals surface area (Å²) < 4.78 is 0. The van der Waals surface area contributed by atoms with Crippen molar-refractivity contribution >= 4 is 0 Å². The van der Waals surface area contributed by atoms with Crippen LogP contribution >= 0.6 is 0 Å². The van der Waals surface area contributed by atoms with E-state index in [9.17, 15) is 0 Å². The number of hydrogen-bond acceptors (Lipinski definition) is 2. The van der Waals surface area contributed by atoms with Gasteiger partial charge in [-0.05, 0) is 51.6 Å². The molecule has 86 valence electrons. The monoisotopic (exact) mass is 208 g/mol. The molecule has 3 aliphatic rings. The highest BCUT2D eigenvalue weighted by Crippen LogP contribution is 2.30. The predicted molar refractivity (Wildman–Crippen MR) is 63.0 cm³/mol. The van der Waals surface area contributed by atoms with Gasteiger partial charge in [0.2, 0.25) is 0 Å². The van der Waals surface area contributed by atoms with E-state index in [1.54, 1.807) is 0 Å². The van der Waals surface area contributed by atoms with Crippen molar-refractivity contribution in [2.24, 2.45) is 0 Å². The second-order valence-electron chi connectivity index (χ2n) is 5.71. The molecule has 2 nitrogen and oxygen atoms in total. The summed E-state index contributed by atoms with van der Waals surface area (Å²) in [5.74, 6) is 0. The molecule has 0 spiro atoms. The van der Waals surface area contributed by atoms with Gasteiger partial charge in [-0.15, -0.1) is 0 Å². The van der Waals surface area contributed by atoms with Gasteiger partial charge in [0.25, 0.3) is 0 Å². The minimum atomic E-state index is 0.858. The van der Waals surface area contributed by atoms with Crippen LogP contribution in [-0.4, -0.2) is 36.1 Å². The second-order valence-corrected chi connectivity index (χ2v) is 5.71. The topological polar surface area (TPSA) is 15.3 Å². The van der Waals surface area contributed by atoms with E-state index in [1.165, 1.54) is 64.5 Å². The number of rotatable bonds is 1. The quantitative estimate of drug-likeness (QED) is 0.710. The van der Waals surface area contributed by atoms with Crippen molar-refractivity contribution in [3.05, 3.63) is 0 Å². The third kappa shape index (κ3) is 2.21. The van der Waals surface area contributed by atoms with Crippen LogP contribution in [0.15, 0.2) is 0 Å². The van der Waals surface area contributed by atoms with E-state index in [0.29, 0.717) is 0 Å². The molecule has 0 radical (unpaired) electrons. The lowest BCUT2D eigenvalue weighted by molar-refractivity contribution is 0.146. The zero-order valence-corrected chi connectivity index (χ0v) is 9.75. The molecule has 3 heterocycles. The van der Waals surface area contributed by atoms with E-state index in [-0.39, 0.29) is 0 Å². The summed E-state index contributed by atoms with van der Waals surface area (Å²) in [6.45, 7) is 2.76. The van der Waals surface area contributed by atoms with Crippen LogP contribution in [0.1, 0.15) is 51.4 Å². The first-order chi connectivity index (χ1) is 7.42. The molecule has 0 amide bonds. The maximum absolute atomic E-state index is 3.75. The van der Waals surface area contributed by atoms with Crippen molar-refractivity contribution in [3.8, 4) is 0 Å². The molecule has 2 unspecified atom stereocenters. The fraction of sp³-hybridized carbons (Fsp3) is 1.00. The molecule has 0 aromatic rings. The van der Waals surface area contributed by atoms with Crippen LogP contribution in [0.25, 0.3) is 0 Å². The first kappa shape index (κ1) is 10.1. The zero-order chi connectivity index (χ0) is 10.1. The average molecular weight is 208 g/mol. The predicted octanol–water partition coefficient (Wildman–Crippen LogP) is 2.15. The normalized spacial score (nSPS) is 42.8. The lowest BCUT2D eigenvalue weighted by Gasteiger charge is -2.37. The Hall–Kier alpha value is -0.0800. The smallest absolute Gasteiger partial charge is 0.0125 e. The van der Waals surface area contributed by atoms with E-state index in [2.05, 4.69) is 10.2 Å². The van der Waals surface area contributed by atoms with E-state index < -0.39 is 0 Å². The number of likely N-dealkylation sites (tertiary alicyclic amines) is 1. The van der Waals surface area contributed by atoms with Gasteiger partial charge in [0.1, 0.15) is 0 Å². The highest BCUT2D eigenvalue weighted by atomic mass is 15.2. The highest BCUT2D eigenvalue weighted by Gasteiger charge is 2.35. The Kier molecular flexibility index (Phi) is 2.98. The highest BCUT2D eigenvalue weighted by molar-refractivity contribution is 4.95. The molecule has 0 aromatic heterocycles. The number of piperidine rings is 1. The molecule has 0 aromatic carbocycles. The summed E-state index contributed by atoms with van der Waals surface area (Å²) in [6.07, 6.45) is 11.6. The van der Waals surface area contributed by atoms with Crippen LogP contribution < -0.4 is 5.32 Å². The SMILES string of the molecule is C1CCCN(C2CC3CCC(C2)N3)CC1. The Morgan fingerprint density at radius 3 is 2.00 bits per heavy atom. The third-order valence-electron chi connectivity index (χ3n) is 4.61. The van der Waals surface area contributed by atoms with Crippen molar-refractivity contribution in [2.45, 2.75) is 69.5 Å². The van der Waals surface area contributed by atoms with Gasteiger partial charge in [0.05, 0.1) is 0 Å². The van der Waals surface area contributed by atoms with Crippen LogP contribution in [0, 0.1) is 0 Å². The van der Waals surface area contributed by atoms with Gasteiger partial charge in [-0.25, -0.2) is 0 Å². The van der Waals surface area contributed by atoms with Gasteiger partial charge in [-0.1, -0.05) is 12.8 Å². The van der Waals surface area contributed by atoms with Crippen LogP contribution in [-0.2, 0) is 0 Å². The summed E-state index contributed by atoms with van der Waals surface area (Å²) >= 11 is 0. The molecule has 3 aliphatic heterocycles. The summed E-state index contributed by atoms with van der Waals surface area (Å²) in [5, 5.41) is 3.75. The Bertz CT molecular complexity index is 197. The van der Waals surface area contributed by atoms with Crippen LogP contribution in [0.5, 0.6) is 0 Å². The van der Waals surface area contributed by atoms with Crippen LogP contribution in [0.2, 0.25) is 0 Å². The minimum absolute atomic E-state index is 0.858. The average Bonchev–Trinajstić information content (AvgIpc) is 2.51. The van der Waals surface area contributed by atoms with Gasteiger partial charge in [-0.3, -0.25) is 0 Å². The maximum Gasteiger partial charge on any atom is 0.0125 e. The van der Waals surface area contributed by atoms with E-state index in [0.717, 1.165) is 18.1 Å². The van der Waals surface area contributed by atoms with E-state index in [4.69, 9.17) is 0 Å². The van der Waals surface area contributed by atoms with Gasteiger partial charge in [-0.2, -0.15) is 0 Å². The van der Waals surface area contributed by atoms with E-state index >= 15 is 0 Å². The molecule has 2 atom stereocenters. The first-order valence-electron chi connectivity index (χ1n) is 6.92. The molecule has 2 heteroatoms. The Morgan fingerprint density at radius 2 is 1.40 bits per heavy atom. The second kappa shape index (κ2) is 4.42. The minimum Gasteiger partial charge on any atom is -0.311 e. The van der Waals surface area contributed by atoms with Crippen LogP contribution in [0.3, 0.4) is 0 Å². The van der Waals surface area contributed by atoms with Gasteiger partial charge >= 0.3 is 0 Å². The molecule has 2 bridgehead atoms. The number of fused-ring (bicyclic) bond motifs is 2. The van der Waals surface area contributed by atoms with Crippen molar-refractivity contribution in [2.75, 3.05) is 13.1 Å². The summed E-state index contributed by atoms with van der Waals surface area (Å²) in [6, 6.07) is 2.64. The molecule has 1 N–H and O–H groups in total. The molecule has 0 saturated carbocycles.